The van der Waals surface area contributed by atoms with Crippen molar-refractivity contribution in [1.29, 1.82) is 0 Å². The third kappa shape index (κ3) is 5.30. The largest absolute Gasteiger partial charge is 0.493 e. The Kier molecular flexibility index (Phi) is 7.31. The average molecular weight is 491 g/mol. The van der Waals surface area contributed by atoms with E-state index < -0.39 is 0 Å². The van der Waals surface area contributed by atoms with Crippen molar-refractivity contribution in [3.05, 3.63) is 58.1 Å². The van der Waals surface area contributed by atoms with Crippen LogP contribution in [0.15, 0.2) is 57.2 Å². The maximum absolute atomic E-state index is 12.5. The summed E-state index contributed by atoms with van der Waals surface area (Å²) in [7, 11) is 3.06. The van der Waals surface area contributed by atoms with Crippen LogP contribution in [-0.4, -0.2) is 46.8 Å². The number of ketones is 1. The summed E-state index contributed by atoms with van der Waals surface area (Å²) in [5.74, 6) is 7.32. The number of benzene rings is 2. The molecular weight excluding hydrogens is 472 g/mol. The third-order valence-corrected chi connectivity index (χ3v) is 5.42. The Morgan fingerprint density at radius 3 is 2.63 bits per heavy atom. The Labute approximate surface area is 185 Å². The van der Waals surface area contributed by atoms with Crippen LogP contribution in [0, 0.1) is 0 Å². The van der Waals surface area contributed by atoms with Gasteiger partial charge in [0, 0.05) is 10.0 Å². The van der Waals surface area contributed by atoms with Gasteiger partial charge in [-0.15, -0.1) is 10.2 Å². The van der Waals surface area contributed by atoms with E-state index in [4.69, 9.17) is 15.3 Å². The Morgan fingerprint density at radius 2 is 1.93 bits per heavy atom. The lowest BCUT2D eigenvalue weighted by molar-refractivity contribution is 0.102. The number of hydrogen-bond donors (Lipinski definition) is 2. The molecule has 0 aliphatic heterocycles. The number of hydrazone groups is 1. The first-order valence-corrected chi connectivity index (χ1v) is 10.4. The SMILES string of the molecule is COc1ccc(C(=O)CSc2nnc(N/N=C/c3ccc(Br)cc3)n2N)cc1OC. The van der Waals surface area contributed by atoms with Crippen molar-refractivity contribution in [3.8, 4) is 11.5 Å². The first-order valence-electron chi connectivity index (χ1n) is 8.65. The van der Waals surface area contributed by atoms with Crippen LogP contribution >= 0.6 is 27.7 Å². The number of rotatable bonds is 9. The number of Topliss-reactive ketones (excluding diaryl/α,β-unsaturated/α-hetero) is 1. The number of nitrogen functional groups attached to an aromatic ring is 1. The minimum absolute atomic E-state index is 0.105. The Bertz CT molecular complexity index is 1050. The van der Waals surface area contributed by atoms with Crippen LogP contribution in [0.25, 0.3) is 0 Å². The predicted molar refractivity (Wildman–Crippen MR) is 120 cm³/mol. The van der Waals surface area contributed by atoms with Gasteiger partial charge in [0.15, 0.2) is 17.3 Å². The molecule has 0 aliphatic rings. The second-order valence-electron chi connectivity index (χ2n) is 5.88. The summed E-state index contributed by atoms with van der Waals surface area (Å²) in [5, 5.41) is 12.4. The van der Waals surface area contributed by atoms with E-state index >= 15 is 0 Å². The van der Waals surface area contributed by atoms with Gasteiger partial charge in [-0.1, -0.05) is 39.8 Å². The van der Waals surface area contributed by atoms with E-state index in [-0.39, 0.29) is 17.5 Å². The van der Waals surface area contributed by atoms with Crippen LogP contribution in [0.2, 0.25) is 0 Å². The molecule has 0 bridgehead atoms. The molecule has 156 valence electrons. The van der Waals surface area contributed by atoms with E-state index in [0.29, 0.717) is 22.2 Å². The van der Waals surface area contributed by atoms with Gasteiger partial charge < -0.3 is 15.3 Å². The van der Waals surface area contributed by atoms with Crippen LogP contribution in [0.5, 0.6) is 11.5 Å². The molecule has 0 saturated carbocycles. The second-order valence-corrected chi connectivity index (χ2v) is 7.74. The molecule has 0 fully saturated rings. The number of halogens is 1. The number of hydrogen-bond acceptors (Lipinski definition) is 9. The number of methoxy groups -OCH3 is 2. The third-order valence-electron chi connectivity index (χ3n) is 3.95. The van der Waals surface area contributed by atoms with Gasteiger partial charge in [0.1, 0.15) is 0 Å². The van der Waals surface area contributed by atoms with E-state index in [1.54, 1.807) is 24.4 Å². The minimum Gasteiger partial charge on any atom is -0.493 e. The zero-order valence-corrected chi connectivity index (χ0v) is 18.6. The van der Waals surface area contributed by atoms with Crippen molar-refractivity contribution in [3.63, 3.8) is 0 Å². The minimum atomic E-state index is -0.105. The normalized spacial score (nSPS) is 10.9. The van der Waals surface area contributed by atoms with Crippen LogP contribution < -0.4 is 20.7 Å². The van der Waals surface area contributed by atoms with E-state index in [2.05, 4.69) is 36.7 Å². The van der Waals surface area contributed by atoms with E-state index in [0.717, 1.165) is 10.0 Å². The number of thioether (sulfide) groups is 1. The van der Waals surface area contributed by atoms with Crippen LogP contribution in [-0.2, 0) is 0 Å². The van der Waals surface area contributed by atoms with Gasteiger partial charge in [-0.3, -0.25) is 4.79 Å². The molecule has 0 atom stereocenters. The fourth-order valence-corrected chi connectivity index (χ4v) is 3.40. The summed E-state index contributed by atoms with van der Waals surface area (Å²) >= 11 is 4.55. The van der Waals surface area contributed by atoms with Crippen molar-refractivity contribution in [2.24, 2.45) is 5.10 Å². The summed E-state index contributed by atoms with van der Waals surface area (Å²) in [6, 6.07) is 12.6. The first-order chi connectivity index (χ1) is 14.5. The summed E-state index contributed by atoms with van der Waals surface area (Å²) < 4.78 is 12.6. The van der Waals surface area contributed by atoms with Gasteiger partial charge in [-0.2, -0.15) is 5.10 Å². The lowest BCUT2D eigenvalue weighted by Crippen LogP contribution is -2.14. The fourth-order valence-electron chi connectivity index (χ4n) is 2.39. The molecule has 3 aromatic rings. The lowest BCUT2D eigenvalue weighted by atomic mass is 10.1. The Hall–Kier alpha value is -3.05. The quantitative estimate of drug-likeness (QED) is 0.154. The number of nitrogens with zero attached hydrogens (tertiary/aromatic N) is 4. The molecule has 11 heteroatoms. The number of nitrogens with two attached hydrogens (primary N) is 1. The van der Waals surface area contributed by atoms with Gasteiger partial charge in [-0.25, -0.2) is 10.1 Å². The van der Waals surface area contributed by atoms with Crippen molar-refractivity contribution in [2.45, 2.75) is 5.16 Å². The second kappa shape index (κ2) is 10.1. The molecule has 0 unspecified atom stereocenters. The highest BCUT2D eigenvalue weighted by atomic mass is 79.9. The monoisotopic (exact) mass is 490 g/mol. The lowest BCUT2D eigenvalue weighted by Gasteiger charge is -2.09. The number of ether oxygens (including phenoxy) is 2. The number of aromatic nitrogens is 3. The molecule has 0 spiro atoms. The molecule has 2 aromatic carbocycles. The highest BCUT2D eigenvalue weighted by Gasteiger charge is 2.15. The highest BCUT2D eigenvalue weighted by molar-refractivity contribution is 9.10. The van der Waals surface area contributed by atoms with Gasteiger partial charge in [0.05, 0.1) is 26.2 Å². The van der Waals surface area contributed by atoms with Crippen LogP contribution in [0.1, 0.15) is 15.9 Å². The molecule has 1 heterocycles. The van der Waals surface area contributed by atoms with E-state index in [1.165, 1.54) is 30.7 Å². The van der Waals surface area contributed by atoms with Crippen LogP contribution in [0.3, 0.4) is 0 Å². The highest BCUT2D eigenvalue weighted by Crippen LogP contribution is 2.28. The molecule has 3 N–H and O–H groups in total. The maximum Gasteiger partial charge on any atom is 0.264 e. The number of carbonyl (C=O) groups is 1. The van der Waals surface area contributed by atoms with Crippen molar-refractivity contribution < 1.29 is 14.3 Å². The van der Waals surface area contributed by atoms with Crippen LogP contribution in [0.4, 0.5) is 5.95 Å². The van der Waals surface area contributed by atoms with Gasteiger partial charge in [-0.05, 0) is 35.9 Å². The van der Waals surface area contributed by atoms with Crippen molar-refractivity contribution >= 4 is 45.6 Å². The van der Waals surface area contributed by atoms with Gasteiger partial charge >= 0.3 is 0 Å². The summed E-state index contributed by atoms with van der Waals surface area (Å²) in [5.41, 5.74) is 4.14. The number of anilines is 1. The number of nitrogens with one attached hydrogen (secondary N) is 1. The molecular formula is C19H19BrN6O3S. The molecule has 0 saturated heterocycles. The smallest absolute Gasteiger partial charge is 0.264 e. The van der Waals surface area contributed by atoms with Gasteiger partial charge in [0.25, 0.3) is 5.95 Å². The fraction of sp³-hybridized carbons (Fsp3) is 0.158. The maximum atomic E-state index is 12.5. The van der Waals surface area contributed by atoms with E-state index in [9.17, 15) is 4.79 Å². The number of carbonyl (C=O) groups excluding carboxylic acids is 1. The summed E-state index contributed by atoms with van der Waals surface area (Å²) in [6.07, 6.45) is 1.63. The van der Waals surface area contributed by atoms with Gasteiger partial charge in [0.2, 0.25) is 5.16 Å². The topological polar surface area (TPSA) is 117 Å². The zero-order valence-electron chi connectivity index (χ0n) is 16.2. The molecule has 0 amide bonds. The Morgan fingerprint density at radius 1 is 1.20 bits per heavy atom. The molecule has 9 nitrogen and oxygen atoms in total. The molecule has 0 radical (unpaired) electrons. The molecule has 3 rings (SSSR count). The Balaban J connectivity index is 1.59. The summed E-state index contributed by atoms with van der Waals surface area (Å²) in [4.78, 5) is 12.5. The average Bonchev–Trinajstić information content (AvgIpc) is 3.12. The predicted octanol–water partition coefficient (Wildman–Crippen LogP) is 3.19. The molecule has 0 aliphatic carbocycles. The van der Waals surface area contributed by atoms with Crippen molar-refractivity contribution in [2.75, 3.05) is 31.2 Å². The molecule has 1 aromatic heterocycles. The van der Waals surface area contributed by atoms with Crippen molar-refractivity contribution in [1.82, 2.24) is 14.9 Å². The summed E-state index contributed by atoms with van der Waals surface area (Å²) in [6.45, 7) is 0. The zero-order chi connectivity index (χ0) is 21.5. The first kappa shape index (κ1) is 21.7. The van der Waals surface area contributed by atoms with E-state index in [1.807, 2.05) is 24.3 Å². The molecule has 30 heavy (non-hydrogen) atoms. The standard InChI is InChI=1S/C19H19BrN6O3S/c1-28-16-8-5-13(9-17(16)29-2)15(27)11-30-19-25-24-18(26(19)21)23-22-10-12-3-6-14(20)7-4-12/h3-10H,11,21H2,1-2H3,(H,23,24)/b22-10+.